The van der Waals surface area contributed by atoms with E-state index in [1.165, 1.54) is 0 Å². The molecule has 0 aromatic heterocycles. The molecular formula is C14H27BN2O2. The first-order chi connectivity index (χ1) is 8.72. The van der Waals surface area contributed by atoms with E-state index < -0.39 is 5.60 Å². The minimum absolute atomic E-state index is 0.0741. The Hall–Kier alpha value is -0.565. The number of nitrogens with zero attached hydrogens (tertiary/aromatic N) is 2. The third kappa shape index (κ3) is 6.96. The van der Waals surface area contributed by atoms with Gasteiger partial charge < -0.3 is 14.7 Å². The molecule has 1 saturated heterocycles. The molecule has 108 valence electrons. The number of nitriles is 1. The van der Waals surface area contributed by atoms with E-state index in [-0.39, 0.29) is 12.1 Å². The molecule has 0 bridgehead atoms. The fourth-order valence-corrected chi connectivity index (χ4v) is 2.45. The Labute approximate surface area is 117 Å². The lowest BCUT2D eigenvalue weighted by atomic mass is 9.45. The Morgan fingerprint density at radius 1 is 1.21 bits per heavy atom. The maximum atomic E-state index is 9.63. The highest BCUT2D eigenvalue weighted by Crippen LogP contribution is 2.21. The van der Waals surface area contributed by atoms with Crippen molar-refractivity contribution < 1.29 is 9.84 Å². The lowest BCUT2D eigenvalue weighted by molar-refractivity contribution is -0.0470. The maximum absolute atomic E-state index is 9.63. The van der Waals surface area contributed by atoms with Gasteiger partial charge in [0, 0.05) is 17.9 Å². The number of aliphatic hydroxyl groups is 1. The predicted molar refractivity (Wildman–Crippen MR) is 78.3 cm³/mol. The maximum Gasteiger partial charge on any atom is 0.270 e. The van der Waals surface area contributed by atoms with Crippen molar-refractivity contribution in [2.45, 2.75) is 45.9 Å². The van der Waals surface area contributed by atoms with Gasteiger partial charge in [0.25, 0.3) is 6.71 Å². The Morgan fingerprint density at radius 3 is 2.26 bits per heavy atom. The summed E-state index contributed by atoms with van der Waals surface area (Å²) in [7, 11) is 0. The van der Waals surface area contributed by atoms with Crippen LogP contribution < -0.4 is 0 Å². The molecule has 0 amide bonds. The van der Waals surface area contributed by atoms with Crippen LogP contribution in [0.3, 0.4) is 0 Å². The van der Waals surface area contributed by atoms with Crippen molar-refractivity contribution >= 4 is 6.71 Å². The monoisotopic (exact) mass is 266 g/mol. The molecule has 5 heteroatoms. The molecule has 4 nitrogen and oxygen atoms in total. The molecule has 1 N–H and O–H groups in total. The summed E-state index contributed by atoms with van der Waals surface area (Å²) in [6.45, 7) is 12.1. The van der Waals surface area contributed by atoms with Crippen LogP contribution in [0.5, 0.6) is 0 Å². The summed E-state index contributed by atoms with van der Waals surface area (Å²) >= 11 is 0. The largest absolute Gasteiger partial charge is 0.388 e. The summed E-state index contributed by atoms with van der Waals surface area (Å²) in [6, 6.07) is 0. The van der Waals surface area contributed by atoms with Crippen molar-refractivity contribution in [1.82, 2.24) is 4.90 Å². The average molecular weight is 266 g/mol. The zero-order chi connectivity index (χ0) is 14.5. The smallest absolute Gasteiger partial charge is 0.270 e. The lowest BCUT2D eigenvalue weighted by Gasteiger charge is -2.35. The Kier molecular flexibility index (Phi) is 5.85. The van der Waals surface area contributed by atoms with Crippen LogP contribution in [0, 0.1) is 16.6 Å². The quantitative estimate of drug-likeness (QED) is 0.743. The summed E-state index contributed by atoms with van der Waals surface area (Å²) < 4.78 is 5.62. The van der Waals surface area contributed by atoms with E-state index in [0.717, 1.165) is 32.3 Å². The Morgan fingerprint density at radius 2 is 1.79 bits per heavy atom. The van der Waals surface area contributed by atoms with E-state index in [1.54, 1.807) is 13.8 Å². The van der Waals surface area contributed by atoms with Gasteiger partial charge in [0.05, 0.1) is 18.8 Å². The second-order valence-corrected chi connectivity index (χ2v) is 7.15. The standard InChI is InChI=1S/C14H27BN2O2/c1-13(2,10-19-11-14(3,4)18)9-17-7-5-15(12-16)6-8-17/h18H,5-11H2,1-4H3. The van der Waals surface area contributed by atoms with Gasteiger partial charge in [-0.25, -0.2) is 5.26 Å². The van der Waals surface area contributed by atoms with Crippen LogP contribution in [0.1, 0.15) is 27.7 Å². The minimum atomic E-state index is -0.763. The molecule has 19 heavy (non-hydrogen) atoms. The number of rotatable bonds is 6. The van der Waals surface area contributed by atoms with Crippen LogP contribution in [0.25, 0.3) is 0 Å². The number of ether oxygens (including phenoxy) is 1. The first-order valence-corrected chi connectivity index (χ1v) is 7.14. The third-order valence-electron chi connectivity index (χ3n) is 3.37. The van der Waals surface area contributed by atoms with Crippen molar-refractivity contribution in [3.63, 3.8) is 0 Å². The molecule has 0 aromatic carbocycles. The highest BCUT2D eigenvalue weighted by atomic mass is 16.5. The molecule has 0 unspecified atom stereocenters. The number of hydrogen-bond acceptors (Lipinski definition) is 4. The molecular weight excluding hydrogens is 239 g/mol. The van der Waals surface area contributed by atoms with Crippen molar-refractivity contribution in [3.8, 4) is 5.97 Å². The van der Waals surface area contributed by atoms with E-state index in [2.05, 4.69) is 24.7 Å². The summed E-state index contributed by atoms with van der Waals surface area (Å²) in [5.74, 6) is 2.36. The van der Waals surface area contributed by atoms with Gasteiger partial charge in [-0.1, -0.05) is 13.8 Å². The third-order valence-corrected chi connectivity index (χ3v) is 3.37. The molecule has 1 fully saturated rings. The van der Waals surface area contributed by atoms with E-state index in [0.29, 0.717) is 13.2 Å². The second kappa shape index (κ2) is 6.74. The summed E-state index contributed by atoms with van der Waals surface area (Å²) in [6.07, 6.45) is 1.97. The van der Waals surface area contributed by atoms with Gasteiger partial charge in [-0.15, -0.1) is 0 Å². The van der Waals surface area contributed by atoms with Gasteiger partial charge in [0.1, 0.15) is 0 Å². The number of hydrogen-bond donors (Lipinski definition) is 1. The van der Waals surface area contributed by atoms with Gasteiger partial charge in [-0.2, -0.15) is 0 Å². The Balaban J connectivity index is 2.29. The first-order valence-electron chi connectivity index (χ1n) is 7.14. The second-order valence-electron chi connectivity index (χ2n) is 7.15. The molecule has 0 atom stereocenters. The van der Waals surface area contributed by atoms with Gasteiger partial charge in [-0.3, -0.25) is 0 Å². The van der Waals surface area contributed by atoms with Crippen LogP contribution in [0.15, 0.2) is 0 Å². The van der Waals surface area contributed by atoms with Crippen molar-refractivity contribution in [3.05, 3.63) is 0 Å². The predicted octanol–water partition coefficient (Wildman–Crippen LogP) is 1.67. The molecule has 1 aliphatic heterocycles. The molecule has 0 radical (unpaired) electrons. The van der Waals surface area contributed by atoms with E-state index in [1.807, 2.05) is 0 Å². The SMILES string of the molecule is CC(C)(O)COCC(C)(C)CN1CCB(C#N)CC1. The molecule has 0 saturated carbocycles. The molecule has 0 aliphatic carbocycles. The molecule has 1 aliphatic rings. The highest BCUT2D eigenvalue weighted by Gasteiger charge is 2.28. The van der Waals surface area contributed by atoms with E-state index >= 15 is 0 Å². The normalized spacial score (nSPS) is 18.4. The molecule has 1 heterocycles. The fraction of sp³-hybridized carbons (Fsp3) is 0.929. The zero-order valence-electron chi connectivity index (χ0n) is 12.8. The molecule has 0 aromatic rings. The molecule has 1 rings (SSSR count). The van der Waals surface area contributed by atoms with Crippen LogP contribution in [-0.2, 0) is 4.74 Å². The Bertz CT molecular complexity index is 312. The molecule has 0 spiro atoms. The van der Waals surface area contributed by atoms with Crippen LogP contribution >= 0.6 is 0 Å². The van der Waals surface area contributed by atoms with Gasteiger partial charge in [-0.05, 0) is 39.6 Å². The van der Waals surface area contributed by atoms with Crippen LogP contribution in [0.4, 0.5) is 0 Å². The lowest BCUT2D eigenvalue weighted by Crippen LogP contribution is -2.43. The van der Waals surface area contributed by atoms with Gasteiger partial charge in [0.2, 0.25) is 0 Å². The van der Waals surface area contributed by atoms with E-state index in [9.17, 15) is 5.11 Å². The summed E-state index contributed by atoms with van der Waals surface area (Å²) in [5, 5.41) is 18.5. The highest BCUT2D eigenvalue weighted by molar-refractivity contribution is 6.67. The van der Waals surface area contributed by atoms with Gasteiger partial charge >= 0.3 is 0 Å². The van der Waals surface area contributed by atoms with Crippen molar-refractivity contribution in [2.24, 2.45) is 5.41 Å². The summed E-state index contributed by atoms with van der Waals surface area (Å²) in [5.41, 5.74) is -0.689. The summed E-state index contributed by atoms with van der Waals surface area (Å²) in [4.78, 5) is 2.42. The van der Waals surface area contributed by atoms with Crippen molar-refractivity contribution in [1.29, 1.82) is 5.26 Å². The van der Waals surface area contributed by atoms with E-state index in [4.69, 9.17) is 10.00 Å². The van der Waals surface area contributed by atoms with Crippen LogP contribution in [-0.4, -0.2) is 55.2 Å². The first kappa shape index (κ1) is 16.5. The fourth-order valence-electron chi connectivity index (χ4n) is 2.45. The average Bonchev–Trinajstić information content (AvgIpc) is 2.27. The minimum Gasteiger partial charge on any atom is -0.388 e. The topological polar surface area (TPSA) is 56.5 Å². The zero-order valence-corrected chi connectivity index (χ0v) is 12.8. The van der Waals surface area contributed by atoms with Crippen molar-refractivity contribution in [2.75, 3.05) is 32.8 Å². The van der Waals surface area contributed by atoms with Gasteiger partial charge in [0.15, 0.2) is 0 Å². The van der Waals surface area contributed by atoms with Crippen LogP contribution in [0.2, 0.25) is 12.6 Å².